The van der Waals surface area contributed by atoms with Crippen molar-refractivity contribution in [3.63, 3.8) is 0 Å². The Labute approximate surface area is 317 Å². The van der Waals surface area contributed by atoms with E-state index in [-0.39, 0.29) is 30.9 Å². The number of primary amides is 1. The van der Waals surface area contributed by atoms with Crippen molar-refractivity contribution < 1.29 is 48.9 Å². The molecule has 5 rings (SSSR count). The number of carboxylic acids is 3. The van der Waals surface area contributed by atoms with Crippen molar-refractivity contribution in [2.45, 2.75) is 81.2 Å². The predicted octanol–water partition coefficient (Wildman–Crippen LogP) is 3.38. The third-order valence-electron chi connectivity index (χ3n) is 10.6. The molecule has 1 heterocycles. The molecule has 290 valence electrons. The van der Waals surface area contributed by atoms with Gasteiger partial charge in [0.2, 0.25) is 23.6 Å². The number of carbonyl (C=O) groups is 7. The molecule has 0 bridgehead atoms. The molecule has 2 aliphatic rings. The SMILES string of the molecule is NC(=O)CC1NC(=O)C2(CCCCC2)NC(=O)[C@@H](CC(=O)O)[C@@H](c2ccc(C(C(=O)O)C(=O)O)cc2)/C=C/C[C@@H](Cc2cccc3ccccc23)CNC1=O. The summed E-state index contributed by atoms with van der Waals surface area (Å²) in [6.07, 6.45) is 5.50. The van der Waals surface area contributed by atoms with E-state index in [0.717, 1.165) is 22.8 Å². The number of allylic oxidation sites excluding steroid dienone is 2. The number of hydrogen-bond acceptors (Lipinski definition) is 7. The molecule has 3 aromatic rings. The zero-order valence-electron chi connectivity index (χ0n) is 30.2. The van der Waals surface area contributed by atoms with Crippen LogP contribution in [0.4, 0.5) is 0 Å². The lowest BCUT2D eigenvalue weighted by atomic mass is 9.78. The van der Waals surface area contributed by atoms with E-state index >= 15 is 0 Å². The predicted molar refractivity (Wildman–Crippen MR) is 201 cm³/mol. The smallest absolute Gasteiger partial charge is 0.322 e. The van der Waals surface area contributed by atoms with Gasteiger partial charge >= 0.3 is 17.9 Å². The Bertz CT molecular complexity index is 1950. The Morgan fingerprint density at radius 1 is 0.818 bits per heavy atom. The lowest BCUT2D eigenvalue weighted by molar-refractivity contribution is -0.150. The fourth-order valence-corrected chi connectivity index (χ4v) is 7.76. The van der Waals surface area contributed by atoms with Gasteiger partial charge in [0, 0.05) is 12.5 Å². The van der Waals surface area contributed by atoms with Gasteiger partial charge in [-0.2, -0.15) is 0 Å². The molecule has 1 unspecified atom stereocenters. The molecule has 8 N–H and O–H groups in total. The van der Waals surface area contributed by atoms with E-state index < -0.39 is 83.7 Å². The molecule has 1 spiro atoms. The first kappa shape index (κ1) is 40.1. The lowest BCUT2D eigenvalue weighted by Gasteiger charge is -2.39. The van der Waals surface area contributed by atoms with Gasteiger partial charge in [-0.05, 0) is 59.1 Å². The minimum Gasteiger partial charge on any atom is -0.481 e. The second-order valence-corrected chi connectivity index (χ2v) is 14.5. The largest absolute Gasteiger partial charge is 0.481 e. The van der Waals surface area contributed by atoms with Crippen LogP contribution in [0.2, 0.25) is 0 Å². The van der Waals surface area contributed by atoms with Gasteiger partial charge in [0.15, 0.2) is 5.92 Å². The van der Waals surface area contributed by atoms with Crippen molar-refractivity contribution in [3.8, 4) is 0 Å². The molecule has 0 radical (unpaired) electrons. The number of rotatable bonds is 10. The summed E-state index contributed by atoms with van der Waals surface area (Å²) < 4.78 is 0. The summed E-state index contributed by atoms with van der Waals surface area (Å²) in [5.41, 5.74) is 5.40. The van der Waals surface area contributed by atoms with Crippen LogP contribution in [-0.4, -0.2) is 75.0 Å². The maximum atomic E-state index is 14.4. The number of benzene rings is 3. The van der Waals surface area contributed by atoms with Crippen molar-refractivity contribution in [2.75, 3.05) is 6.54 Å². The van der Waals surface area contributed by atoms with E-state index in [0.29, 0.717) is 31.2 Å². The number of aliphatic carboxylic acids is 3. The molecule has 1 aliphatic heterocycles. The second-order valence-electron chi connectivity index (χ2n) is 14.5. The summed E-state index contributed by atoms with van der Waals surface area (Å²) in [4.78, 5) is 90.2. The fraction of sp³-hybridized carbons (Fsp3) is 0.390. The topological polar surface area (TPSA) is 242 Å². The van der Waals surface area contributed by atoms with Crippen LogP contribution in [0.3, 0.4) is 0 Å². The van der Waals surface area contributed by atoms with Crippen LogP contribution in [0.5, 0.6) is 0 Å². The zero-order chi connectivity index (χ0) is 39.7. The number of nitrogens with one attached hydrogen (secondary N) is 3. The molecular formula is C41H46N4O10. The Balaban J connectivity index is 1.60. The van der Waals surface area contributed by atoms with E-state index in [2.05, 4.69) is 16.0 Å². The van der Waals surface area contributed by atoms with Crippen molar-refractivity contribution in [1.29, 1.82) is 0 Å². The van der Waals surface area contributed by atoms with Gasteiger partial charge in [0.25, 0.3) is 0 Å². The van der Waals surface area contributed by atoms with E-state index in [1.807, 2.05) is 42.5 Å². The molecule has 4 atom stereocenters. The van der Waals surface area contributed by atoms with Gasteiger partial charge in [-0.3, -0.25) is 33.6 Å². The van der Waals surface area contributed by atoms with Gasteiger partial charge < -0.3 is 37.0 Å². The highest BCUT2D eigenvalue weighted by Crippen LogP contribution is 2.35. The molecule has 55 heavy (non-hydrogen) atoms. The minimum atomic E-state index is -1.84. The molecule has 1 fully saturated rings. The highest BCUT2D eigenvalue weighted by molar-refractivity contribution is 5.99. The average molecular weight is 755 g/mol. The van der Waals surface area contributed by atoms with Gasteiger partial charge in [-0.1, -0.05) is 98.1 Å². The van der Waals surface area contributed by atoms with Crippen LogP contribution in [0.25, 0.3) is 10.8 Å². The Morgan fingerprint density at radius 3 is 2.15 bits per heavy atom. The van der Waals surface area contributed by atoms with E-state index in [1.54, 1.807) is 12.2 Å². The summed E-state index contributed by atoms with van der Waals surface area (Å²) >= 11 is 0. The molecule has 14 nitrogen and oxygen atoms in total. The van der Waals surface area contributed by atoms with E-state index in [1.165, 1.54) is 24.3 Å². The maximum Gasteiger partial charge on any atom is 0.322 e. The minimum absolute atomic E-state index is 0.0154. The van der Waals surface area contributed by atoms with Crippen molar-refractivity contribution >= 4 is 52.3 Å². The monoisotopic (exact) mass is 754 g/mol. The Morgan fingerprint density at radius 2 is 1.49 bits per heavy atom. The first-order valence-corrected chi connectivity index (χ1v) is 18.4. The summed E-state index contributed by atoms with van der Waals surface area (Å²) in [5, 5.41) is 39.7. The van der Waals surface area contributed by atoms with E-state index in [9.17, 15) is 48.9 Å². The molecule has 0 aromatic heterocycles. The van der Waals surface area contributed by atoms with Crippen molar-refractivity contribution in [2.24, 2.45) is 17.6 Å². The highest BCUT2D eigenvalue weighted by atomic mass is 16.4. The van der Waals surface area contributed by atoms with Crippen LogP contribution in [0.1, 0.15) is 79.9 Å². The summed E-state index contributed by atoms with van der Waals surface area (Å²) in [7, 11) is 0. The van der Waals surface area contributed by atoms with Crippen LogP contribution in [-0.2, 0) is 40.0 Å². The normalized spacial score (nSPS) is 22.7. The fourth-order valence-electron chi connectivity index (χ4n) is 7.76. The highest BCUT2D eigenvalue weighted by Gasteiger charge is 2.45. The first-order chi connectivity index (χ1) is 26.3. The summed E-state index contributed by atoms with van der Waals surface area (Å²) in [6, 6.07) is 18.1. The molecular weight excluding hydrogens is 708 g/mol. The van der Waals surface area contributed by atoms with Gasteiger partial charge in [-0.25, -0.2) is 0 Å². The number of nitrogens with two attached hydrogens (primary N) is 1. The van der Waals surface area contributed by atoms with E-state index in [4.69, 9.17) is 5.73 Å². The molecule has 3 aromatic carbocycles. The Kier molecular flexibility index (Phi) is 13.0. The third kappa shape index (κ3) is 9.93. The Hall–Kier alpha value is -6.05. The quantitative estimate of drug-likeness (QED) is 0.118. The molecule has 14 heteroatoms. The summed E-state index contributed by atoms with van der Waals surface area (Å²) in [6.45, 7) is 0.129. The summed E-state index contributed by atoms with van der Waals surface area (Å²) in [5.74, 6) is -11.5. The molecule has 1 saturated carbocycles. The van der Waals surface area contributed by atoms with Crippen LogP contribution in [0, 0.1) is 11.8 Å². The number of carbonyl (C=O) groups excluding carboxylic acids is 4. The average Bonchev–Trinajstić information content (AvgIpc) is 3.14. The van der Waals surface area contributed by atoms with Crippen LogP contribution in [0.15, 0.2) is 78.9 Å². The number of hydrogen-bond donors (Lipinski definition) is 7. The van der Waals surface area contributed by atoms with Gasteiger partial charge in [0.05, 0.1) is 18.8 Å². The molecule has 0 saturated heterocycles. The zero-order valence-corrected chi connectivity index (χ0v) is 30.2. The molecule has 1 aliphatic carbocycles. The van der Waals surface area contributed by atoms with Crippen LogP contribution < -0.4 is 21.7 Å². The number of amides is 4. The van der Waals surface area contributed by atoms with Crippen LogP contribution >= 0.6 is 0 Å². The lowest BCUT2D eigenvalue weighted by Crippen LogP contribution is -2.64. The molecule has 4 amide bonds. The van der Waals surface area contributed by atoms with Crippen molar-refractivity contribution in [1.82, 2.24) is 16.0 Å². The number of carboxylic acid groups (broad SMARTS) is 3. The maximum absolute atomic E-state index is 14.4. The third-order valence-corrected chi connectivity index (χ3v) is 10.6. The first-order valence-electron chi connectivity index (χ1n) is 18.4. The second kappa shape index (κ2) is 17.9. The van der Waals surface area contributed by atoms with Crippen molar-refractivity contribution in [3.05, 3.63) is 95.6 Å². The van der Waals surface area contributed by atoms with Gasteiger partial charge in [-0.15, -0.1) is 0 Å². The van der Waals surface area contributed by atoms with Gasteiger partial charge in [0.1, 0.15) is 11.6 Å². The standard InChI is InChI=1S/C41H46N4O10/c42-33(46)22-32-37(50)43-23-24(20-28-11-7-10-25-9-2-3-12-29(25)28)8-6-13-30(26-14-16-27(17-15-26)35(38(51)52)39(53)54)31(21-34(47)48)36(49)45-41(40(55)44-32)18-4-1-5-19-41/h2-3,6-7,9-17,24,30-32,35H,1,4-5,8,18-23H2,(H2,42,46)(H,43,50)(H,44,55)(H,45,49)(H,47,48)(H,51,52)(H,53,54)/b13-6+/t24-,30+,31-,32?/m0/s1. The number of fused-ring (bicyclic) bond motifs is 1.